The zero-order valence-corrected chi connectivity index (χ0v) is 7.12. The van der Waals surface area contributed by atoms with Gasteiger partial charge in [0.05, 0.1) is 0 Å². The summed E-state index contributed by atoms with van der Waals surface area (Å²) in [5, 5.41) is 0. The summed E-state index contributed by atoms with van der Waals surface area (Å²) < 4.78 is 0. The molecule has 0 fully saturated rings. The van der Waals surface area contributed by atoms with E-state index >= 15 is 0 Å². The Balaban J connectivity index is 2.82. The Morgan fingerprint density at radius 2 is 1.73 bits per heavy atom. The first-order valence-electron chi connectivity index (χ1n) is 4.02. The SMILES string of the molecule is CC1C=CC(C)/C=C(N)\C=C/1. The van der Waals surface area contributed by atoms with Crippen molar-refractivity contribution in [3.8, 4) is 0 Å². The van der Waals surface area contributed by atoms with Crippen LogP contribution >= 0.6 is 0 Å². The molecule has 1 heteroatoms. The fraction of sp³-hybridized carbons (Fsp3) is 0.400. The van der Waals surface area contributed by atoms with Crippen molar-refractivity contribution in [1.29, 1.82) is 0 Å². The second-order valence-corrected chi connectivity index (χ2v) is 3.13. The van der Waals surface area contributed by atoms with Crippen molar-refractivity contribution in [2.45, 2.75) is 13.8 Å². The molecule has 0 saturated heterocycles. The minimum atomic E-state index is 0.461. The average Bonchev–Trinajstić information content (AvgIpc) is 1.95. The van der Waals surface area contributed by atoms with Crippen molar-refractivity contribution >= 4 is 0 Å². The topological polar surface area (TPSA) is 26.0 Å². The van der Waals surface area contributed by atoms with Gasteiger partial charge in [0.2, 0.25) is 0 Å². The molecule has 11 heavy (non-hydrogen) atoms. The summed E-state index contributed by atoms with van der Waals surface area (Å²) in [6.45, 7) is 4.29. The van der Waals surface area contributed by atoms with E-state index in [0.29, 0.717) is 11.8 Å². The van der Waals surface area contributed by atoms with Crippen LogP contribution in [0.2, 0.25) is 0 Å². The Labute approximate surface area is 68.3 Å². The van der Waals surface area contributed by atoms with Crippen molar-refractivity contribution in [2.24, 2.45) is 17.6 Å². The largest absolute Gasteiger partial charge is 0.399 e. The molecule has 0 aromatic carbocycles. The van der Waals surface area contributed by atoms with Crippen molar-refractivity contribution in [1.82, 2.24) is 0 Å². The molecule has 0 saturated carbocycles. The highest BCUT2D eigenvalue weighted by molar-refractivity contribution is 5.21. The van der Waals surface area contributed by atoms with Crippen molar-refractivity contribution < 1.29 is 0 Å². The first-order valence-corrected chi connectivity index (χ1v) is 4.02. The lowest BCUT2D eigenvalue weighted by molar-refractivity contribution is 0.864. The Morgan fingerprint density at radius 3 is 2.45 bits per heavy atom. The number of hydrogen-bond acceptors (Lipinski definition) is 1. The van der Waals surface area contributed by atoms with Gasteiger partial charge in [0.25, 0.3) is 0 Å². The van der Waals surface area contributed by atoms with E-state index in [2.05, 4.69) is 38.2 Å². The molecule has 0 bridgehead atoms. The molecule has 1 rings (SSSR count). The van der Waals surface area contributed by atoms with Crippen LogP contribution in [0, 0.1) is 11.8 Å². The van der Waals surface area contributed by atoms with E-state index < -0.39 is 0 Å². The Bertz CT molecular complexity index is 211. The summed E-state index contributed by atoms with van der Waals surface area (Å²) >= 11 is 0. The lowest BCUT2D eigenvalue weighted by Gasteiger charge is -2.06. The fourth-order valence-corrected chi connectivity index (χ4v) is 1.09. The van der Waals surface area contributed by atoms with Crippen LogP contribution in [0.15, 0.2) is 36.1 Å². The van der Waals surface area contributed by atoms with E-state index in [9.17, 15) is 0 Å². The summed E-state index contributed by atoms with van der Waals surface area (Å²) in [5.41, 5.74) is 6.57. The molecule has 0 aliphatic heterocycles. The van der Waals surface area contributed by atoms with Crippen LogP contribution in [-0.2, 0) is 0 Å². The van der Waals surface area contributed by atoms with Crippen LogP contribution < -0.4 is 5.73 Å². The van der Waals surface area contributed by atoms with Gasteiger partial charge >= 0.3 is 0 Å². The van der Waals surface area contributed by atoms with Crippen molar-refractivity contribution in [2.75, 3.05) is 0 Å². The molecular formula is C10H15N. The Hall–Kier alpha value is -0.980. The van der Waals surface area contributed by atoms with E-state index in [4.69, 9.17) is 5.73 Å². The molecule has 0 heterocycles. The van der Waals surface area contributed by atoms with Crippen LogP contribution in [-0.4, -0.2) is 0 Å². The molecule has 1 aliphatic rings. The average molecular weight is 149 g/mol. The smallest absolute Gasteiger partial charge is 0.0276 e. The summed E-state index contributed by atoms with van der Waals surface area (Å²) in [4.78, 5) is 0. The molecule has 2 atom stereocenters. The molecular weight excluding hydrogens is 134 g/mol. The molecule has 0 amide bonds. The minimum absolute atomic E-state index is 0.461. The predicted molar refractivity (Wildman–Crippen MR) is 48.9 cm³/mol. The fourth-order valence-electron chi connectivity index (χ4n) is 1.09. The quantitative estimate of drug-likeness (QED) is 0.525. The lowest BCUT2D eigenvalue weighted by Crippen LogP contribution is -1.99. The molecule has 0 spiro atoms. The van der Waals surface area contributed by atoms with Crippen LogP contribution in [0.1, 0.15) is 13.8 Å². The molecule has 0 radical (unpaired) electrons. The lowest BCUT2D eigenvalue weighted by atomic mass is 10.0. The normalized spacial score (nSPS) is 38.5. The summed E-state index contributed by atoms with van der Waals surface area (Å²) in [5.74, 6) is 0.965. The third kappa shape index (κ3) is 2.62. The molecule has 60 valence electrons. The van der Waals surface area contributed by atoms with Crippen molar-refractivity contribution in [3.63, 3.8) is 0 Å². The number of hydrogen-bond donors (Lipinski definition) is 1. The van der Waals surface area contributed by atoms with Gasteiger partial charge in [-0.15, -0.1) is 0 Å². The monoisotopic (exact) mass is 149 g/mol. The standard InChI is InChI=1S/C10H15N/c1-8-3-4-9(2)7-10(11)6-5-8/h3-9H,11H2,1-2H3/b4-3?,6-5-,10-7+. The molecule has 2 N–H and O–H groups in total. The highest BCUT2D eigenvalue weighted by Crippen LogP contribution is 2.10. The molecule has 0 aromatic rings. The van der Waals surface area contributed by atoms with Crippen LogP contribution in [0.3, 0.4) is 0 Å². The molecule has 0 aromatic heterocycles. The van der Waals surface area contributed by atoms with Gasteiger partial charge in [-0.25, -0.2) is 0 Å². The summed E-state index contributed by atoms with van der Waals surface area (Å²) in [6.07, 6.45) is 10.5. The van der Waals surface area contributed by atoms with E-state index in [1.807, 2.05) is 6.08 Å². The third-order valence-electron chi connectivity index (χ3n) is 1.77. The van der Waals surface area contributed by atoms with Gasteiger partial charge in [-0.2, -0.15) is 0 Å². The van der Waals surface area contributed by atoms with E-state index in [1.165, 1.54) is 0 Å². The first kappa shape index (κ1) is 8.12. The van der Waals surface area contributed by atoms with Gasteiger partial charge in [-0.1, -0.05) is 38.2 Å². The first-order chi connectivity index (χ1) is 5.18. The van der Waals surface area contributed by atoms with Gasteiger partial charge in [0.1, 0.15) is 0 Å². The van der Waals surface area contributed by atoms with Gasteiger partial charge in [0.15, 0.2) is 0 Å². The van der Waals surface area contributed by atoms with Gasteiger partial charge in [-0.3, -0.25) is 0 Å². The van der Waals surface area contributed by atoms with Crippen LogP contribution in [0.5, 0.6) is 0 Å². The Kier molecular flexibility index (Phi) is 2.53. The van der Waals surface area contributed by atoms with Gasteiger partial charge in [-0.05, 0) is 17.9 Å². The maximum atomic E-state index is 5.70. The maximum Gasteiger partial charge on any atom is 0.0276 e. The number of nitrogens with two attached hydrogens (primary N) is 1. The van der Waals surface area contributed by atoms with Crippen molar-refractivity contribution in [3.05, 3.63) is 36.1 Å². The summed E-state index contributed by atoms with van der Waals surface area (Å²) in [7, 11) is 0. The van der Waals surface area contributed by atoms with Crippen LogP contribution in [0.4, 0.5) is 0 Å². The van der Waals surface area contributed by atoms with Gasteiger partial charge < -0.3 is 5.73 Å². The second-order valence-electron chi connectivity index (χ2n) is 3.13. The van der Waals surface area contributed by atoms with Crippen LogP contribution in [0.25, 0.3) is 0 Å². The molecule has 1 aliphatic carbocycles. The highest BCUT2D eigenvalue weighted by atomic mass is 14.6. The third-order valence-corrected chi connectivity index (χ3v) is 1.77. The van der Waals surface area contributed by atoms with E-state index in [1.54, 1.807) is 0 Å². The van der Waals surface area contributed by atoms with E-state index in [0.717, 1.165) is 5.70 Å². The molecule has 2 unspecified atom stereocenters. The van der Waals surface area contributed by atoms with E-state index in [-0.39, 0.29) is 0 Å². The minimum Gasteiger partial charge on any atom is -0.399 e. The summed E-state index contributed by atoms with van der Waals surface area (Å²) in [6, 6.07) is 0. The Morgan fingerprint density at radius 1 is 1.09 bits per heavy atom. The number of allylic oxidation sites excluding steroid dienone is 5. The number of rotatable bonds is 0. The second kappa shape index (κ2) is 3.42. The highest BCUT2D eigenvalue weighted by Gasteiger charge is 1.98. The zero-order chi connectivity index (χ0) is 8.27. The zero-order valence-electron chi connectivity index (χ0n) is 7.12. The maximum absolute atomic E-state index is 5.70. The predicted octanol–water partition coefficient (Wildman–Crippen LogP) is 2.23. The van der Waals surface area contributed by atoms with Gasteiger partial charge in [0, 0.05) is 5.70 Å². The molecule has 1 nitrogen and oxygen atoms in total.